The molecule has 2 aromatic heterocycles. The van der Waals surface area contributed by atoms with E-state index in [1.807, 2.05) is 0 Å². The molecule has 1 aromatic carbocycles. The molecule has 2 heterocycles. The number of rotatable bonds is 3. The van der Waals surface area contributed by atoms with E-state index < -0.39 is 11.7 Å². The summed E-state index contributed by atoms with van der Waals surface area (Å²) in [6, 6.07) is 5.28. The summed E-state index contributed by atoms with van der Waals surface area (Å²) < 4.78 is 14.1. The highest BCUT2D eigenvalue weighted by Crippen LogP contribution is 2.39. The lowest BCUT2D eigenvalue weighted by atomic mass is 10.2. The highest BCUT2D eigenvalue weighted by molar-refractivity contribution is 7.20. The topological polar surface area (TPSA) is 42.0 Å². The summed E-state index contributed by atoms with van der Waals surface area (Å²) >= 11 is 20.3. The highest BCUT2D eigenvalue weighted by atomic mass is 35.5. The third-order valence-corrected chi connectivity index (χ3v) is 5.39. The fraction of sp³-hybridized carbons (Fsp3) is 0. The fourth-order valence-corrected chi connectivity index (χ4v) is 4.25. The lowest BCUT2D eigenvalue weighted by molar-refractivity contribution is 0.102. The summed E-state index contributed by atoms with van der Waals surface area (Å²) in [5.74, 6) is -0.975. The summed E-state index contributed by atoms with van der Waals surface area (Å²) in [5.41, 5.74) is 1.49. The van der Waals surface area contributed by atoms with Gasteiger partial charge in [-0.2, -0.15) is 0 Å². The van der Waals surface area contributed by atoms with Crippen molar-refractivity contribution in [2.24, 2.45) is 0 Å². The van der Waals surface area contributed by atoms with Crippen LogP contribution in [0.1, 0.15) is 10.4 Å². The van der Waals surface area contributed by atoms with Crippen LogP contribution < -0.4 is 5.32 Å². The van der Waals surface area contributed by atoms with Gasteiger partial charge >= 0.3 is 0 Å². The van der Waals surface area contributed by atoms with Gasteiger partial charge in [0.25, 0.3) is 5.91 Å². The van der Waals surface area contributed by atoms with Gasteiger partial charge in [-0.15, -0.1) is 22.7 Å². The van der Waals surface area contributed by atoms with Crippen LogP contribution in [-0.4, -0.2) is 10.9 Å². The van der Waals surface area contributed by atoms with Crippen molar-refractivity contribution in [3.8, 4) is 11.3 Å². The van der Waals surface area contributed by atoms with Crippen molar-refractivity contribution in [1.82, 2.24) is 4.98 Å². The predicted molar refractivity (Wildman–Crippen MR) is 94.8 cm³/mol. The van der Waals surface area contributed by atoms with E-state index in [2.05, 4.69) is 10.3 Å². The molecule has 0 aliphatic heterocycles. The Morgan fingerprint density at radius 1 is 1.22 bits per heavy atom. The minimum absolute atomic E-state index is 0.0342. The number of carbonyl (C=O) groups excluding carboxylic acids is 1. The van der Waals surface area contributed by atoms with E-state index in [0.717, 1.165) is 6.07 Å². The lowest BCUT2D eigenvalue weighted by Gasteiger charge is -2.03. The van der Waals surface area contributed by atoms with Gasteiger partial charge in [-0.1, -0.05) is 34.8 Å². The molecule has 1 N–H and O–H groups in total. The molecule has 0 radical (unpaired) electrons. The summed E-state index contributed by atoms with van der Waals surface area (Å²) in [5, 5.41) is 4.79. The molecular weight excluding hydrogens is 402 g/mol. The van der Waals surface area contributed by atoms with E-state index in [1.165, 1.54) is 34.8 Å². The molecule has 0 bridgehead atoms. The van der Waals surface area contributed by atoms with Crippen LogP contribution in [0.5, 0.6) is 0 Å². The van der Waals surface area contributed by atoms with Gasteiger partial charge in [-0.25, -0.2) is 9.37 Å². The first-order chi connectivity index (χ1) is 10.9. The number of nitrogens with one attached hydrogen (secondary N) is 1. The molecule has 0 saturated carbocycles. The number of benzene rings is 1. The second-order valence-corrected chi connectivity index (χ2v) is 7.90. The molecular formula is C14H6Cl3FN2OS2. The Kier molecular flexibility index (Phi) is 4.89. The zero-order chi connectivity index (χ0) is 16.6. The van der Waals surface area contributed by atoms with Gasteiger partial charge in [0.1, 0.15) is 10.2 Å². The minimum Gasteiger partial charge on any atom is -0.298 e. The molecule has 3 rings (SSSR count). The Hall–Kier alpha value is -1.18. The fourth-order valence-electron chi connectivity index (χ4n) is 1.81. The van der Waals surface area contributed by atoms with Crippen molar-refractivity contribution in [2.45, 2.75) is 0 Å². The molecule has 0 spiro atoms. The zero-order valence-corrected chi connectivity index (χ0v) is 15.0. The van der Waals surface area contributed by atoms with Crippen LogP contribution in [-0.2, 0) is 0 Å². The van der Waals surface area contributed by atoms with Crippen molar-refractivity contribution in [3.05, 3.63) is 54.7 Å². The van der Waals surface area contributed by atoms with E-state index in [9.17, 15) is 9.18 Å². The molecule has 1 amide bonds. The smallest absolute Gasteiger partial charge is 0.258 e. The molecule has 3 aromatic rings. The second-order valence-electron chi connectivity index (χ2n) is 4.35. The number of aromatic nitrogens is 1. The van der Waals surface area contributed by atoms with Gasteiger partial charge in [0.15, 0.2) is 5.13 Å². The number of nitrogens with zero attached hydrogens (tertiary/aromatic N) is 1. The molecule has 23 heavy (non-hydrogen) atoms. The third-order valence-electron chi connectivity index (χ3n) is 2.83. The number of anilines is 1. The van der Waals surface area contributed by atoms with Crippen molar-refractivity contribution >= 4 is 68.5 Å². The number of thiophene rings is 1. The normalized spacial score (nSPS) is 10.8. The summed E-state index contributed by atoms with van der Waals surface area (Å²) in [6.45, 7) is 0. The van der Waals surface area contributed by atoms with Crippen LogP contribution in [0.15, 0.2) is 29.6 Å². The SMILES string of the molecule is O=C(Nc1nc(-c2cc(Cl)sc2Cl)cs1)c1ccc(F)cc1Cl. The predicted octanol–water partition coefficient (Wildman–Crippen LogP) is 6.22. The second kappa shape index (κ2) is 6.75. The van der Waals surface area contributed by atoms with Crippen LogP contribution >= 0.6 is 57.5 Å². The van der Waals surface area contributed by atoms with Crippen LogP contribution in [0.25, 0.3) is 11.3 Å². The Morgan fingerprint density at radius 2 is 2.00 bits per heavy atom. The number of hydrogen-bond donors (Lipinski definition) is 1. The van der Waals surface area contributed by atoms with Gasteiger partial charge in [-0.3, -0.25) is 10.1 Å². The first kappa shape index (κ1) is 16.7. The number of halogens is 4. The molecule has 9 heteroatoms. The monoisotopic (exact) mass is 406 g/mol. The van der Waals surface area contributed by atoms with Gasteiger partial charge in [0, 0.05) is 10.9 Å². The van der Waals surface area contributed by atoms with E-state index in [4.69, 9.17) is 34.8 Å². The number of carbonyl (C=O) groups is 1. The Morgan fingerprint density at radius 3 is 2.65 bits per heavy atom. The summed E-state index contributed by atoms with van der Waals surface area (Å²) in [6.07, 6.45) is 0. The molecule has 0 fully saturated rings. The van der Waals surface area contributed by atoms with Gasteiger partial charge in [-0.05, 0) is 24.3 Å². The molecule has 0 unspecified atom stereocenters. The number of hydrogen-bond acceptors (Lipinski definition) is 4. The van der Waals surface area contributed by atoms with Crippen molar-refractivity contribution in [2.75, 3.05) is 5.32 Å². The average molecular weight is 408 g/mol. The quantitative estimate of drug-likeness (QED) is 0.559. The van der Waals surface area contributed by atoms with Crippen LogP contribution in [0.3, 0.4) is 0 Å². The van der Waals surface area contributed by atoms with E-state index in [1.54, 1.807) is 11.4 Å². The number of thiazole rings is 1. The van der Waals surface area contributed by atoms with Crippen LogP contribution in [0.2, 0.25) is 13.7 Å². The van der Waals surface area contributed by atoms with Crippen molar-refractivity contribution in [1.29, 1.82) is 0 Å². The maximum atomic E-state index is 13.0. The largest absolute Gasteiger partial charge is 0.298 e. The van der Waals surface area contributed by atoms with Gasteiger partial charge in [0.2, 0.25) is 0 Å². The summed E-state index contributed by atoms with van der Waals surface area (Å²) in [7, 11) is 0. The highest BCUT2D eigenvalue weighted by Gasteiger charge is 2.15. The van der Waals surface area contributed by atoms with Gasteiger partial charge in [0.05, 0.1) is 20.6 Å². The van der Waals surface area contributed by atoms with Gasteiger partial charge < -0.3 is 0 Å². The minimum atomic E-state index is -0.507. The average Bonchev–Trinajstić information content (AvgIpc) is 3.05. The first-order valence-corrected chi connectivity index (χ1v) is 8.94. The van der Waals surface area contributed by atoms with E-state index >= 15 is 0 Å². The maximum Gasteiger partial charge on any atom is 0.258 e. The van der Waals surface area contributed by atoms with Crippen LogP contribution in [0, 0.1) is 5.82 Å². The summed E-state index contributed by atoms with van der Waals surface area (Å²) in [4.78, 5) is 16.5. The Bertz CT molecular complexity index is 894. The zero-order valence-electron chi connectivity index (χ0n) is 11.1. The molecule has 0 aliphatic carbocycles. The molecule has 3 nitrogen and oxygen atoms in total. The molecule has 0 saturated heterocycles. The third kappa shape index (κ3) is 3.67. The molecule has 118 valence electrons. The Balaban J connectivity index is 1.81. The van der Waals surface area contributed by atoms with Crippen molar-refractivity contribution in [3.63, 3.8) is 0 Å². The molecule has 0 atom stereocenters. The number of amides is 1. The Labute approximate surface area is 153 Å². The molecule has 0 aliphatic rings. The standard InChI is InChI=1S/C14H6Cl3FN2OS2/c15-9-3-6(18)1-2-7(9)13(21)20-14-19-10(5-22-14)8-4-11(16)23-12(8)17/h1-5H,(H,19,20,21). The van der Waals surface area contributed by atoms with E-state index in [-0.39, 0.29) is 10.6 Å². The van der Waals surface area contributed by atoms with Crippen molar-refractivity contribution < 1.29 is 9.18 Å². The first-order valence-electron chi connectivity index (χ1n) is 6.11. The van der Waals surface area contributed by atoms with Crippen LogP contribution in [0.4, 0.5) is 9.52 Å². The van der Waals surface area contributed by atoms with E-state index in [0.29, 0.717) is 25.1 Å². The maximum absolute atomic E-state index is 13.0. The lowest BCUT2D eigenvalue weighted by Crippen LogP contribution is -2.12.